The number of benzene rings is 2. The van der Waals surface area contributed by atoms with Gasteiger partial charge in [-0.2, -0.15) is 0 Å². The Bertz CT molecular complexity index is 846. The summed E-state index contributed by atoms with van der Waals surface area (Å²) in [4.78, 5) is 0. The van der Waals surface area contributed by atoms with E-state index < -0.39 is 13.7 Å². The molecule has 116 valence electrons. The zero-order valence-electron chi connectivity index (χ0n) is 14.0. The maximum atomic E-state index is 14.2. The van der Waals surface area contributed by atoms with Gasteiger partial charge in [-0.05, 0) is 31.1 Å². The lowest BCUT2D eigenvalue weighted by molar-refractivity contribution is 0.372. The van der Waals surface area contributed by atoms with Gasteiger partial charge in [-0.1, -0.05) is 66.8 Å². The summed E-state index contributed by atoms with van der Waals surface area (Å²) in [6.45, 7) is 0. The van der Waals surface area contributed by atoms with E-state index >= 15 is 0 Å². The molecule has 1 aliphatic carbocycles. The van der Waals surface area contributed by atoms with Crippen LogP contribution < -0.4 is 5.30 Å². The molecule has 1 saturated heterocycles. The predicted molar refractivity (Wildman–Crippen MR) is 96.0 cm³/mol. The molecule has 1 heterocycles. The van der Waals surface area contributed by atoms with Gasteiger partial charge < -0.3 is 0 Å². The SMILES string of the molecule is [2H][C@@H]1C=C[C@H]2C(=C1)[P@](=O)(c1ccccc1)N(C)[C@@H]2c1ccccc1. The minimum absolute atomic E-state index is 0.0345. The predicted octanol–water partition coefficient (Wildman–Crippen LogP) is 4.74. The van der Waals surface area contributed by atoms with E-state index in [0.717, 1.165) is 16.2 Å². The van der Waals surface area contributed by atoms with Crippen molar-refractivity contribution in [3.8, 4) is 0 Å². The van der Waals surface area contributed by atoms with Crippen molar-refractivity contribution in [1.82, 2.24) is 4.67 Å². The number of fused-ring (bicyclic) bond motifs is 1. The van der Waals surface area contributed by atoms with Crippen molar-refractivity contribution < 1.29 is 5.94 Å². The first-order valence-electron chi connectivity index (χ1n) is 8.47. The third kappa shape index (κ3) is 2.17. The second kappa shape index (κ2) is 5.63. The molecular weight excluding hydrogens is 301 g/mol. The first-order valence-corrected chi connectivity index (χ1v) is 9.55. The summed E-state index contributed by atoms with van der Waals surface area (Å²) in [7, 11) is -0.925. The molecule has 0 radical (unpaired) electrons. The molecule has 0 N–H and O–H groups in total. The fraction of sp³-hybridized carbons (Fsp3) is 0.200. The topological polar surface area (TPSA) is 20.3 Å². The fourth-order valence-electron chi connectivity index (χ4n) is 3.74. The number of rotatable bonds is 2. The third-order valence-corrected chi connectivity index (χ3v) is 8.10. The molecule has 1 aliphatic heterocycles. The molecule has 0 spiro atoms. The summed E-state index contributed by atoms with van der Waals surface area (Å²) in [5.41, 5.74) is 1.16. The average molecular weight is 322 g/mol. The van der Waals surface area contributed by atoms with Gasteiger partial charge in [0.15, 0.2) is 0 Å². The molecule has 0 bridgehead atoms. The summed E-state index contributed by atoms with van der Waals surface area (Å²) >= 11 is 0. The number of hydrogen-bond acceptors (Lipinski definition) is 1. The molecule has 2 aliphatic rings. The zero-order chi connectivity index (χ0) is 16.7. The smallest absolute Gasteiger partial charge is 0.203 e. The molecule has 23 heavy (non-hydrogen) atoms. The van der Waals surface area contributed by atoms with Crippen molar-refractivity contribution in [2.45, 2.75) is 12.4 Å². The summed E-state index contributed by atoms with van der Waals surface area (Å²) in [5, 5.41) is 1.76. The Labute approximate surface area is 139 Å². The number of allylic oxidation sites excluding steroid dienone is 2. The van der Waals surface area contributed by atoms with Gasteiger partial charge in [-0.3, -0.25) is 4.57 Å². The van der Waals surface area contributed by atoms with Gasteiger partial charge in [0.25, 0.3) is 0 Å². The molecule has 4 atom stereocenters. The van der Waals surface area contributed by atoms with Gasteiger partial charge in [0.05, 0.1) is 6.04 Å². The molecule has 0 amide bonds. The van der Waals surface area contributed by atoms with Crippen molar-refractivity contribution in [3.05, 3.63) is 89.8 Å². The molecule has 0 aromatic heterocycles. The monoisotopic (exact) mass is 322 g/mol. The maximum absolute atomic E-state index is 14.2. The van der Waals surface area contributed by atoms with E-state index in [1.807, 2.05) is 72.4 Å². The Morgan fingerprint density at radius 1 is 1.09 bits per heavy atom. The highest BCUT2D eigenvalue weighted by Crippen LogP contribution is 2.70. The van der Waals surface area contributed by atoms with E-state index in [4.69, 9.17) is 1.37 Å². The molecule has 4 rings (SSSR count). The van der Waals surface area contributed by atoms with E-state index in [0.29, 0.717) is 0 Å². The molecule has 3 heteroatoms. The molecule has 2 aromatic carbocycles. The second-order valence-electron chi connectivity index (χ2n) is 6.04. The molecule has 2 nitrogen and oxygen atoms in total. The molecular formula is C20H20NOP. The Hall–Kier alpha value is -1.89. The highest BCUT2D eigenvalue weighted by Gasteiger charge is 2.51. The standard InChI is InChI=1S/C20H20NOP/c1-21-20(16-10-4-2-5-11-16)18-14-8-9-15-19(18)23(21,22)17-12-6-3-7-13-17/h2-8,10-15,18,20H,9H2,1H3/t18-,20+,23+/m0/s1/i9D/t9-,18+,20-,23-/m1. The summed E-state index contributed by atoms with van der Waals surface area (Å²) < 4.78 is 24.3. The largest absolute Gasteiger partial charge is 0.297 e. The molecule has 0 saturated carbocycles. The van der Waals surface area contributed by atoms with Crippen LogP contribution in [-0.4, -0.2) is 11.7 Å². The summed E-state index contributed by atoms with van der Waals surface area (Å²) in [5.74, 6) is 0.0602. The highest BCUT2D eigenvalue weighted by molar-refractivity contribution is 7.73. The quantitative estimate of drug-likeness (QED) is 0.588. The van der Waals surface area contributed by atoms with Gasteiger partial charge in [0.2, 0.25) is 7.29 Å². The normalized spacial score (nSPS) is 33.9. The van der Waals surface area contributed by atoms with E-state index in [1.54, 1.807) is 0 Å². The summed E-state index contributed by atoms with van der Waals surface area (Å²) in [6, 6.07) is 20.0. The first kappa shape index (κ1) is 13.5. The van der Waals surface area contributed by atoms with Crippen LogP contribution in [0.1, 0.15) is 19.4 Å². The molecule has 2 aromatic rings. The van der Waals surface area contributed by atoms with Gasteiger partial charge in [-0.25, -0.2) is 4.67 Å². The Kier molecular flexibility index (Phi) is 3.32. The van der Waals surface area contributed by atoms with Gasteiger partial charge >= 0.3 is 0 Å². The van der Waals surface area contributed by atoms with Gasteiger partial charge in [0.1, 0.15) is 0 Å². The van der Waals surface area contributed by atoms with Crippen LogP contribution in [0.5, 0.6) is 0 Å². The highest BCUT2D eigenvalue weighted by atomic mass is 31.2. The molecule has 1 fully saturated rings. The lowest BCUT2D eigenvalue weighted by Gasteiger charge is -2.26. The Balaban J connectivity index is 1.91. The van der Waals surface area contributed by atoms with Crippen LogP contribution >= 0.6 is 7.29 Å². The van der Waals surface area contributed by atoms with E-state index in [1.165, 1.54) is 0 Å². The van der Waals surface area contributed by atoms with Crippen molar-refractivity contribution in [2.24, 2.45) is 5.92 Å². The van der Waals surface area contributed by atoms with Crippen LogP contribution in [0.25, 0.3) is 0 Å². The van der Waals surface area contributed by atoms with E-state index in [2.05, 4.69) is 18.2 Å². The first-order chi connectivity index (χ1) is 11.6. The van der Waals surface area contributed by atoms with Crippen molar-refractivity contribution in [3.63, 3.8) is 0 Å². The second-order valence-corrected chi connectivity index (χ2v) is 8.85. The Morgan fingerprint density at radius 2 is 1.74 bits per heavy atom. The average Bonchev–Trinajstić information content (AvgIpc) is 2.85. The minimum Gasteiger partial charge on any atom is -0.297 e. The number of nitrogens with zero attached hydrogens (tertiary/aromatic N) is 1. The lowest BCUT2D eigenvalue weighted by Crippen LogP contribution is -2.21. The van der Waals surface area contributed by atoms with Crippen LogP contribution in [-0.2, 0) is 4.57 Å². The van der Waals surface area contributed by atoms with Crippen LogP contribution in [0.15, 0.2) is 84.2 Å². The molecule has 0 unspecified atom stereocenters. The van der Waals surface area contributed by atoms with Crippen LogP contribution in [0.2, 0.25) is 0 Å². The van der Waals surface area contributed by atoms with Gasteiger partial charge in [-0.15, -0.1) is 0 Å². The van der Waals surface area contributed by atoms with E-state index in [9.17, 15) is 4.57 Å². The Morgan fingerprint density at radius 3 is 2.43 bits per heavy atom. The third-order valence-electron chi connectivity index (χ3n) is 4.82. The zero-order valence-corrected chi connectivity index (χ0v) is 13.9. The summed E-state index contributed by atoms with van der Waals surface area (Å²) in [6.07, 6.45) is 5.44. The van der Waals surface area contributed by atoms with Crippen molar-refractivity contribution >= 4 is 12.6 Å². The number of hydrogen-bond donors (Lipinski definition) is 0. The van der Waals surface area contributed by atoms with Crippen molar-refractivity contribution in [2.75, 3.05) is 7.05 Å². The van der Waals surface area contributed by atoms with Crippen LogP contribution in [0.4, 0.5) is 0 Å². The van der Waals surface area contributed by atoms with Crippen molar-refractivity contribution in [1.29, 1.82) is 0 Å². The van der Waals surface area contributed by atoms with E-state index in [-0.39, 0.29) is 12.0 Å². The maximum Gasteiger partial charge on any atom is 0.203 e. The van der Waals surface area contributed by atoms with Crippen LogP contribution in [0, 0.1) is 5.92 Å². The van der Waals surface area contributed by atoms with Crippen LogP contribution in [0.3, 0.4) is 0 Å². The van der Waals surface area contributed by atoms with Gasteiger partial charge in [0, 0.05) is 17.9 Å². The lowest BCUT2D eigenvalue weighted by atomic mass is 9.90. The minimum atomic E-state index is -2.88. The fourth-order valence-corrected chi connectivity index (χ4v) is 6.89.